The van der Waals surface area contributed by atoms with Crippen LogP contribution in [-0.2, 0) is 4.79 Å². The molecule has 0 spiro atoms. The zero-order valence-corrected chi connectivity index (χ0v) is 20.3. The Kier molecular flexibility index (Phi) is 6.85. The second kappa shape index (κ2) is 8.57. The number of rotatable bonds is 4. The van der Waals surface area contributed by atoms with Crippen LogP contribution in [0.4, 0.5) is 4.79 Å². The quantitative estimate of drug-likeness (QED) is 0.356. The van der Waals surface area contributed by atoms with Gasteiger partial charge in [0.05, 0.1) is 0 Å². The van der Waals surface area contributed by atoms with E-state index in [1.54, 1.807) is 0 Å². The summed E-state index contributed by atoms with van der Waals surface area (Å²) in [6.45, 7) is 13.5. The Morgan fingerprint density at radius 3 is 1.55 bits per heavy atom. The number of hydrogen-bond donors (Lipinski definition) is 0. The first-order valence-electron chi connectivity index (χ1n) is 11.5. The summed E-state index contributed by atoms with van der Waals surface area (Å²) in [5.74, 6) is 2.41. The van der Waals surface area contributed by atoms with Gasteiger partial charge >= 0.3 is 6.03 Å². The van der Waals surface area contributed by atoms with E-state index >= 15 is 0 Å². The number of carbonyl (C=O) groups excluding carboxylic acids is 2. The third-order valence-corrected chi connectivity index (χ3v) is 9.08. The smallest absolute Gasteiger partial charge is 0.270 e. The van der Waals surface area contributed by atoms with Crippen LogP contribution in [0.2, 0.25) is 0 Å². The van der Waals surface area contributed by atoms with Gasteiger partial charge in [0.1, 0.15) is 5.54 Å². The SMILES string of the molecule is CC1CCC(C(C)C)C(C2(C3CC(C)CCC3C(C)C)C(=O)N(Cl)C(=O)N2Cl)C1. The number of imide groups is 1. The van der Waals surface area contributed by atoms with Crippen molar-refractivity contribution >= 4 is 35.5 Å². The maximum Gasteiger partial charge on any atom is 0.357 e. The molecule has 1 saturated heterocycles. The fraction of sp³-hybridized carbons (Fsp3) is 0.913. The van der Waals surface area contributed by atoms with Crippen molar-refractivity contribution in [2.45, 2.75) is 85.6 Å². The molecule has 0 aromatic rings. The summed E-state index contributed by atoms with van der Waals surface area (Å²) in [5, 5.41) is 0. The monoisotopic (exact) mass is 444 g/mol. The van der Waals surface area contributed by atoms with Gasteiger partial charge in [-0.1, -0.05) is 54.4 Å². The Morgan fingerprint density at radius 1 is 0.828 bits per heavy atom. The van der Waals surface area contributed by atoms with Gasteiger partial charge in [-0.3, -0.25) is 4.79 Å². The van der Waals surface area contributed by atoms with Crippen molar-refractivity contribution in [3.63, 3.8) is 0 Å². The van der Waals surface area contributed by atoms with E-state index in [1.165, 1.54) is 17.3 Å². The summed E-state index contributed by atoms with van der Waals surface area (Å²) in [7, 11) is 0. The van der Waals surface area contributed by atoms with Gasteiger partial charge in [-0.15, -0.1) is 0 Å². The lowest BCUT2D eigenvalue weighted by atomic mass is 9.53. The molecule has 6 heteroatoms. The third-order valence-electron chi connectivity index (χ3n) is 8.36. The van der Waals surface area contributed by atoms with Crippen LogP contribution in [0.5, 0.6) is 0 Å². The minimum Gasteiger partial charge on any atom is -0.270 e. The molecule has 3 aliphatic rings. The average Bonchev–Trinajstić information content (AvgIpc) is 2.82. The van der Waals surface area contributed by atoms with Crippen LogP contribution in [0.25, 0.3) is 0 Å². The summed E-state index contributed by atoms with van der Waals surface area (Å²) in [5.41, 5.74) is -1.03. The van der Waals surface area contributed by atoms with E-state index in [0.717, 1.165) is 30.1 Å². The average molecular weight is 445 g/mol. The first kappa shape index (κ1) is 23.2. The van der Waals surface area contributed by atoms with Crippen LogP contribution in [0.1, 0.15) is 80.1 Å². The lowest BCUT2D eigenvalue weighted by molar-refractivity contribution is -0.143. The lowest BCUT2D eigenvalue weighted by Crippen LogP contribution is -2.63. The molecule has 6 atom stereocenters. The second-order valence-electron chi connectivity index (χ2n) is 10.8. The molecule has 6 unspecified atom stereocenters. The second-order valence-corrected chi connectivity index (χ2v) is 11.5. The first-order chi connectivity index (χ1) is 13.5. The van der Waals surface area contributed by atoms with Crippen LogP contribution in [0, 0.1) is 47.3 Å². The molecule has 29 heavy (non-hydrogen) atoms. The summed E-state index contributed by atoms with van der Waals surface area (Å²) in [6.07, 6.45) is 6.33. The fourth-order valence-electron chi connectivity index (χ4n) is 6.86. The van der Waals surface area contributed by atoms with Crippen molar-refractivity contribution in [2.24, 2.45) is 47.3 Å². The van der Waals surface area contributed by atoms with E-state index < -0.39 is 11.6 Å². The Hall–Kier alpha value is -0.480. The topological polar surface area (TPSA) is 40.6 Å². The zero-order valence-electron chi connectivity index (χ0n) is 18.8. The van der Waals surface area contributed by atoms with Crippen molar-refractivity contribution in [1.82, 2.24) is 8.84 Å². The van der Waals surface area contributed by atoms with E-state index in [2.05, 4.69) is 41.5 Å². The molecule has 0 aromatic carbocycles. The summed E-state index contributed by atoms with van der Waals surface area (Å²) < 4.78 is 2.03. The number of halogens is 2. The van der Waals surface area contributed by atoms with Crippen molar-refractivity contribution < 1.29 is 9.59 Å². The first-order valence-corrected chi connectivity index (χ1v) is 12.2. The molecular weight excluding hydrogens is 407 g/mol. The molecule has 0 aromatic heterocycles. The van der Waals surface area contributed by atoms with Gasteiger partial charge < -0.3 is 0 Å². The molecular formula is C23H38Cl2N2O2. The highest BCUT2D eigenvalue weighted by atomic mass is 35.5. The van der Waals surface area contributed by atoms with E-state index in [-0.39, 0.29) is 17.7 Å². The van der Waals surface area contributed by atoms with Gasteiger partial charge in [-0.25, -0.2) is 9.21 Å². The summed E-state index contributed by atoms with van der Waals surface area (Å²) in [4.78, 5) is 26.7. The van der Waals surface area contributed by atoms with Crippen LogP contribution in [-0.4, -0.2) is 26.3 Å². The highest BCUT2D eigenvalue weighted by Crippen LogP contribution is 2.58. The molecule has 0 bridgehead atoms. The van der Waals surface area contributed by atoms with Gasteiger partial charge in [0, 0.05) is 23.6 Å². The van der Waals surface area contributed by atoms with E-state index in [0.29, 0.717) is 35.5 Å². The van der Waals surface area contributed by atoms with Gasteiger partial charge in [-0.05, 0) is 73.0 Å². The van der Waals surface area contributed by atoms with Gasteiger partial charge in [0.2, 0.25) is 0 Å². The standard InChI is InChI=1S/C23H38Cl2N2O2/c1-13(2)17-9-7-15(5)11-19(17)23(21(28)26(24)22(29)27(23)25)20-12-16(6)8-10-18(20)14(3)4/h13-20H,7-12H2,1-6H3. The summed E-state index contributed by atoms with van der Waals surface area (Å²) in [6, 6.07) is -0.570. The molecule has 3 rings (SSSR count). The third kappa shape index (κ3) is 3.71. The van der Waals surface area contributed by atoms with Gasteiger partial charge in [0.25, 0.3) is 5.91 Å². The number of urea groups is 1. The molecule has 1 heterocycles. The number of nitrogens with zero attached hydrogens (tertiary/aromatic N) is 2. The Bertz CT molecular complexity index is 606. The van der Waals surface area contributed by atoms with E-state index in [4.69, 9.17) is 23.6 Å². The number of carbonyl (C=O) groups is 2. The maximum atomic E-state index is 13.8. The molecule has 0 radical (unpaired) electrons. The summed E-state index contributed by atoms with van der Waals surface area (Å²) >= 11 is 13.1. The predicted octanol–water partition coefficient (Wildman–Crippen LogP) is 6.71. The maximum absolute atomic E-state index is 13.8. The van der Waals surface area contributed by atoms with E-state index in [1.807, 2.05) is 0 Å². The predicted molar refractivity (Wildman–Crippen MR) is 118 cm³/mol. The number of hydrogen-bond acceptors (Lipinski definition) is 2. The molecule has 3 amide bonds. The normalized spacial score (nSPS) is 41.7. The van der Waals surface area contributed by atoms with Crippen molar-refractivity contribution in [2.75, 3.05) is 0 Å². The van der Waals surface area contributed by atoms with Crippen molar-refractivity contribution in [3.05, 3.63) is 0 Å². The van der Waals surface area contributed by atoms with Crippen molar-refractivity contribution in [3.8, 4) is 0 Å². The molecule has 4 nitrogen and oxygen atoms in total. The highest BCUT2D eigenvalue weighted by Gasteiger charge is 2.68. The van der Waals surface area contributed by atoms with Gasteiger partial charge in [0.15, 0.2) is 0 Å². The van der Waals surface area contributed by atoms with E-state index in [9.17, 15) is 9.59 Å². The molecule has 3 fully saturated rings. The molecule has 0 N–H and O–H groups in total. The molecule has 2 saturated carbocycles. The minimum atomic E-state index is -1.03. The highest BCUT2D eigenvalue weighted by molar-refractivity contribution is 6.39. The Balaban J connectivity index is 2.19. The van der Waals surface area contributed by atoms with Crippen LogP contribution in [0.15, 0.2) is 0 Å². The molecule has 1 aliphatic heterocycles. The van der Waals surface area contributed by atoms with Gasteiger partial charge in [-0.2, -0.15) is 4.42 Å². The lowest BCUT2D eigenvalue weighted by Gasteiger charge is -2.54. The zero-order chi connectivity index (χ0) is 21.7. The van der Waals surface area contributed by atoms with Crippen molar-refractivity contribution in [1.29, 1.82) is 0 Å². The Morgan fingerprint density at radius 2 is 1.24 bits per heavy atom. The minimum absolute atomic E-state index is 0.0421. The van der Waals surface area contributed by atoms with Crippen LogP contribution >= 0.6 is 23.6 Å². The Labute approximate surface area is 186 Å². The number of amides is 3. The molecule has 166 valence electrons. The van der Waals surface area contributed by atoms with Crippen LogP contribution < -0.4 is 0 Å². The fourth-order valence-corrected chi connectivity index (χ4v) is 7.51. The largest absolute Gasteiger partial charge is 0.357 e. The van der Waals surface area contributed by atoms with Crippen LogP contribution in [0.3, 0.4) is 0 Å². The molecule has 2 aliphatic carbocycles.